The van der Waals surface area contributed by atoms with E-state index in [4.69, 9.17) is 21.1 Å². The minimum Gasteiger partial charge on any atom is -0.491 e. The van der Waals surface area contributed by atoms with Crippen LogP contribution in [0.4, 0.5) is 4.39 Å². The Morgan fingerprint density at radius 1 is 1.35 bits per heavy atom. The summed E-state index contributed by atoms with van der Waals surface area (Å²) in [6.45, 7) is 4.67. The van der Waals surface area contributed by atoms with Gasteiger partial charge in [-0.2, -0.15) is 0 Å². The number of rotatable bonds is 4. The molecular formula is C12H15ClFNO2. The van der Waals surface area contributed by atoms with Crippen LogP contribution >= 0.6 is 11.6 Å². The monoisotopic (exact) mass is 259 g/mol. The van der Waals surface area contributed by atoms with Crippen molar-refractivity contribution in [2.24, 2.45) is 0 Å². The molecular weight excluding hydrogens is 245 g/mol. The number of morpholine rings is 1. The Bertz CT molecular complexity index is 370. The van der Waals surface area contributed by atoms with Gasteiger partial charge in [0.05, 0.1) is 13.2 Å². The normalized spacial score (nSPS) is 17.1. The fraction of sp³-hybridized carbons (Fsp3) is 0.500. The van der Waals surface area contributed by atoms with Crippen LogP contribution in [0.2, 0.25) is 5.02 Å². The van der Waals surface area contributed by atoms with E-state index in [1.807, 2.05) is 0 Å². The van der Waals surface area contributed by atoms with Crippen LogP contribution in [0.25, 0.3) is 0 Å². The van der Waals surface area contributed by atoms with Crippen molar-refractivity contribution in [2.75, 3.05) is 39.5 Å². The van der Waals surface area contributed by atoms with Crippen LogP contribution in [-0.4, -0.2) is 44.4 Å². The first-order chi connectivity index (χ1) is 8.27. The van der Waals surface area contributed by atoms with Gasteiger partial charge in [-0.3, -0.25) is 4.90 Å². The molecule has 1 fully saturated rings. The summed E-state index contributed by atoms with van der Waals surface area (Å²) in [6, 6.07) is 4.58. The van der Waals surface area contributed by atoms with Crippen LogP contribution in [-0.2, 0) is 4.74 Å². The molecule has 0 amide bonds. The van der Waals surface area contributed by atoms with Gasteiger partial charge in [-0.1, -0.05) is 17.7 Å². The van der Waals surface area contributed by atoms with Gasteiger partial charge in [0.2, 0.25) is 0 Å². The van der Waals surface area contributed by atoms with E-state index in [0.29, 0.717) is 12.4 Å². The van der Waals surface area contributed by atoms with Gasteiger partial charge < -0.3 is 9.47 Å². The van der Waals surface area contributed by atoms with Crippen LogP contribution in [0.15, 0.2) is 18.2 Å². The molecule has 1 heterocycles. The van der Waals surface area contributed by atoms with Crippen molar-refractivity contribution in [1.29, 1.82) is 0 Å². The summed E-state index contributed by atoms with van der Waals surface area (Å²) in [6.07, 6.45) is 0. The smallest absolute Gasteiger partial charge is 0.145 e. The molecule has 0 radical (unpaired) electrons. The van der Waals surface area contributed by atoms with E-state index in [1.54, 1.807) is 12.1 Å². The lowest BCUT2D eigenvalue weighted by Crippen LogP contribution is -2.38. The SMILES string of the molecule is Fc1cccc(OCCN2CCOCC2)c1Cl. The summed E-state index contributed by atoms with van der Waals surface area (Å²) in [7, 11) is 0. The minimum absolute atomic E-state index is 0.0504. The molecule has 0 unspecified atom stereocenters. The predicted molar refractivity (Wildman–Crippen MR) is 64.2 cm³/mol. The zero-order valence-corrected chi connectivity index (χ0v) is 10.3. The van der Waals surface area contributed by atoms with E-state index in [1.165, 1.54) is 6.07 Å². The summed E-state index contributed by atoms with van der Waals surface area (Å²) in [4.78, 5) is 2.25. The molecule has 1 aromatic carbocycles. The first-order valence-electron chi connectivity index (χ1n) is 5.64. The lowest BCUT2D eigenvalue weighted by molar-refractivity contribution is 0.0322. The molecule has 1 saturated heterocycles. The maximum absolute atomic E-state index is 13.1. The molecule has 17 heavy (non-hydrogen) atoms. The second-order valence-corrected chi connectivity index (χ2v) is 4.23. The summed E-state index contributed by atoms with van der Waals surface area (Å²) in [5.74, 6) is -0.0459. The van der Waals surface area contributed by atoms with Crippen molar-refractivity contribution in [3.8, 4) is 5.75 Å². The fourth-order valence-electron chi connectivity index (χ4n) is 1.70. The third-order valence-electron chi connectivity index (χ3n) is 2.68. The Labute approximate surface area is 105 Å². The largest absolute Gasteiger partial charge is 0.491 e. The van der Waals surface area contributed by atoms with Crippen molar-refractivity contribution in [3.05, 3.63) is 29.0 Å². The first-order valence-corrected chi connectivity index (χ1v) is 6.02. The van der Waals surface area contributed by atoms with Crippen molar-refractivity contribution in [2.45, 2.75) is 0 Å². The minimum atomic E-state index is -0.449. The fourth-order valence-corrected chi connectivity index (χ4v) is 1.89. The summed E-state index contributed by atoms with van der Waals surface area (Å²) >= 11 is 5.78. The molecule has 3 nitrogen and oxygen atoms in total. The van der Waals surface area contributed by atoms with Crippen LogP contribution in [0.3, 0.4) is 0 Å². The molecule has 0 atom stereocenters. The third-order valence-corrected chi connectivity index (χ3v) is 3.05. The Morgan fingerprint density at radius 2 is 2.12 bits per heavy atom. The van der Waals surface area contributed by atoms with Gasteiger partial charge in [-0.05, 0) is 12.1 Å². The molecule has 0 N–H and O–H groups in total. The number of hydrogen-bond acceptors (Lipinski definition) is 3. The summed E-state index contributed by atoms with van der Waals surface area (Å²) in [5.41, 5.74) is 0. The Kier molecular flexibility index (Phi) is 4.59. The van der Waals surface area contributed by atoms with Crippen molar-refractivity contribution >= 4 is 11.6 Å². The average Bonchev–Trinajstić information content (AvgIpc) is 2.36. The van der Waals surface area contributed by atoms with Gasteiger partial charge in [-0.25, -0.2) is 4.39 Å². The predicted octanol–water partition coefficient (Wildman–Crippen LogP) is 2.19. The van der Waals surface area contributed by atoms with E-state index in [2.05, 4.69) is 4.90 Å². The standard InChI is InChI=1S/C12H15ClFNO2/c13-12-10(14)2-1-3-11(12)17-9-6-15-4-7-16-8-5-15/h1-3H,4-9H2. The first kappa shape index (κ1) is 12.6. The van der Waals surface area contributed by atoms with Gasteiger partial charge in [0, 0.05) is 19.6 Å². The van der Waals surface area contributed by atoms with Crippen LogP contribution in [0.5, 0.6) is 5.75 Å². The van der Waals surface area contributed by atoms with Gasteiger partial charge in [0.1, 0.15) is 23.2 Å². The quantitative estimate of drug-likeness (QED) is 0.827. The highest BCUT2D eigenvalue weighted by Crippen LogP contribution is 2.26. The molecule has 2 rings (SSSR count). The van der Waals surface area contributed by atoms with E-state index in [0.717, 1.165) is 32.8 Å². The highest BCUT2D eigenvalue weighted by atomic mass is 35.5. The van der Waals surface area contributed by atoms with Crippen LogP contribution in [0, 0.1) is 5.82 Å². The molecule has 1 aromatic rings. The summed E-state index contributed by atoms with van der Waals surface area (Å²) in [5, 5.41) is 0.0504. The Hall–Kier alpha value is -0.840. The van der Waals surface area contributed by atoms with E-state index < -0.39 is 5.82 Å². The number of ether oxygens (including phenoxy) is 2. The second kappa shape index (κ2) is 6.19. The topological polar surface area (TPSA) is 21.7 Å². The molecule has 0 saturated carbocycles. The van der Waals surface area contributed by atoms with Gasteiger partial charge >= 0.3 is 0 Å². The summed E-state index contributed by atoms with van der Waals surface area (Å²) < 4.78 is 23.8. The second-order valence-electron chi connectivity index (χ2n) is 3.85. The van der Waals surface area contributed by atoms with Crippen LogP contribution in [0.1, 0.15) is 0 Å². The Balaban J connectivity index is 1.79. The highest BCUT2D eigenvalue weighted by Gasteiger charge is 2.11. The number of hydrogen-bond donors (Lipinski definition) is 0. The Morgan fingerprint density at radius 3 is 2.88 bits per heavy atom. The molecule has 0 aliphatic carbocycles. The van der Waals surface area contributed by atoms with Crippen molar-refractivity contribution in [1.82, 2.24) is 4.90 Å². The number of halogens is 2. The van der Waals surface area contributed by atoms with Crippen molar-refractivity contribution in [3.63, 3.8) is 0 Å². The zero-order valence-electron chi connectivity index (χ0n) is 9.49. The van der Waals surface area contributed by atoms with E-state index in [-0.39, 0.29) is 5.02 Å². The lowest BCUT2D eigenvalue weighted by atomic mass is 10.3. The molecule has 94 valence electrons. The molecule has 0 aromatic heterocycles. The highest BCUT2D eigenvalue weighted by molar-refractivity contribution is 6.32. The molecule has 0 spiro atoms. The molecule has 1 aliphatic heterocycles. The molecule has 1 aliphatic rings. The molecule has 5 heteroatoms. The lowest BCUT2D eigenvalue weighted by Gasteiger charge is -2.26. The van der Waals surface area contributed by atoms with E-state index in [9.17, 15) is 4.39 Å². The maximum atomic E-state index is 13.1. The average molecular weight is 260 g/mol. The van der Waals surface area contributed by atoms with Crippen molar-refractivity contribution < 1.29 is 13.9 Å². The maximum Gasteiger partial charge on any atom is 0.145 e. The third kappa shape index (κ3) is 3.56. The molecule has 0 bridgehead atoms. The van der Waals surface area contributed by atoms with Gasteiger partial charge in [0.25, 0.3) is 0 Å². The van der Waals surface area contributed by atoms with Crippen LogP contribution < -0.4 is 4.74 Å². The van der Waals surface area contributed by atoms with Gasteiger partial charge in [0.15, 0.2) is 0 Å². The number of nitrogens with zero attached hydrogens (tertiary/aromatic N) is 1. The van der Waals surface area contributed by atoms with Gasteiger partial charge in [-0.15, -0.1) is 0 Å². The zero-order chi connectivity index (χ0) is 12.1. The van der Waals surface area contributed by atoms with E-state index >= 15 is 0 Å². The number of benzene rings is 1.